The lowest BCUT2D eigenvalue weighted by atomic mass is 10.0. The molecule has 2 aromatic rings. The third-order valence-corrected chi connectivity index (χ3v) is 2.96. The van der Waals surface area contributed by atoms with Gasteiger partial charge in [-0.1, -0.05) is 29.4 Å². The molecule has 0 amide bonds. The highest BCUT2D eigenvalue weighted by Gasteiger charge is 2.25. The molecule has 0 saturated carbocycles. The maximum atomic E-state index is 5.28. The lowest BCUT2D eigenvalue weighted by Crippen LogP contribution is -2.40. The summed E-state index contributed by atoms with van der Waals surface area (Å²) in [6.45, 7) is 3.93. The number of benzene rings is 1. The van der Waals surface area contributed by atoms with Gasteiger partial charge in [-0.05, 0) is 12.5 Å². The predicted molar refractivity (Wildman–Crippen MR) is 60.1 cm³/mol. The standard InChI is InChI=1S/C12H13N3O/c1-8-4-2-3-5-10(8)11-14-12(16-15-11)9-6-13-7-9/h2-5,9,13H,6-7H2,1H3. The SMILES string of the molecule is Cc1ccccc1-c1noc(C2CNC2)n1. The Morgan fingerprint density at radius 3 is 2.81 bits per heavy atom. The van der Waals surface area contributed by atoms with E-state index in [-0.39, 0.29) is 0 Å². The zero-order chi connectivity index (χ0) is 11.0. The number of hydrogen-bond donors (Lipinski definition) is 1. The fraction of sp³-hybridized carbons (Fsp3) is 0.333. The number of aryl methyl sites for hydroxylation is 1. The molecule has 0 spiro atoms. The molecule has 1 aromatic heterocycles. The Balaban J connectivity index is 1.95. The fourth-order valence-corrected chi connectivity index (χ4v) is 1.80. The van der Waals surface area contributed by atoms with Gasteiger partial charge in [0.05, 0.1) is 5.92 Å². The first-order chi connectivity index (χ1) is 7.84. The zero-order valence-electron chi connectivity index (χ0n) is 9.10. The van der Waals surface area contributed by atoms with Gasteiger partial charge in [-0.2, -0.15) is 4.98 Å². The van der Waals surface area contributed by atoms with Crippen molar-refractivity contribution in [2.45, 2.75) is 12.8 Å². The van der Waals surface area contributed by atoms with Gasteiger partial charge in [-0.25, -0.2) is 0 Å². The first kappa shape index (κ1) is 9.54. The van der Waals surface area contributed by atoms with Crippen LogP contribution in [0.15, 0.2) is 28.8 Å². The molecule has 1 aliphatic heterocycles. The van der Waals surface area contributed by atoms with Crippen LogP contribution in [-0.2, 0) is 0 Å². The fourth-order valence-electron chi connectivity index (χ4n) is 1.80. The van der Waals surface area contributed by atoms with Crippen LogP contribution in [0, 0.1) is 6.92 Å². The van der Waals surface area contributed by atoms with Crippen LogP contribution in [0.1, 0.15) is 17.4 Å². The van der Waals surface area contributed by atoms with Gasteiger partial charge in [-0.3, -0.25) is 0 Å². The lowest BCUT2D eigenvalue weighted by Gasteiger charge is -2.22. The molecule has 0 bridgehead atoms. The van der Waals surface area contributed by atoms with E-state index in [1.165, 1.54) is 5.56 Å². The van der Waals surface area contributed by atoms with Gasteiger partial charge in [0.1, 0.15) is 0 Å². The summed E-state index contributed by atoms with van der Waals surface area (Å²) >= 11 is 0. The molecule has 1 fully saturated rings. The molecular weight excluding hydrogens is 202 g/mol. The van der Waals surface area contributed by atoms with Crippen molar-refractivity contribution in [1.82, 2.24) is 15.5 Å². The number of nitrogens with one attached hydrogen (secondary N) is 1. The lowest BCUT2D eigenvalue weighted by molar-refractivity contribution is 0.308. The molecule has 82 valence electrons. The van der Waals surface area contributed by atoms with E-state index in [9.17, 15) is 0 Å². The van der Waals surface area contributed by atoms with Gasteiger partial charge in [0, 0.05) is 18.7 Å². The summed E-state index contributed by atoms with van der Waals surface area (Å²) < 4.78 is 5.28. The van der Waals surface area contributed by atoms with Crippen molar-refractivity contribution in [2.24, 2.45) is 0 Å². The minimum Gasteiger partial charge on any atom is -0.339 e. The van der Waals surface area contributed by atoms with Crippen LogP contribution in [0.25, 0.3) is 11.4 Å². The van der Waals surface area contributed by atoms with Crippen molar-refractivity contribution < 1.29 is 4.52 Å². The van der Waals surface area contributed by atoms with Crippen molar-refractivity contribution in [3.63, 3.8) is 0 Å². The summed E-state index contributed by atoms with van der Waals surface area (Å²) in [6, 6.07) is 8.07. The van der Waals surface area contributed by atoms with E-state index >= 15 is 0 Å². The molecule has 2 heterocycles. The Morgan fingerprint density at radius 1 is 1.31 bits per heavy atom. The van der Waals surface area contributed by atoms with Crippen LogP contribution < -0.4 is 5.32 Å². The number of nitrogens with zero attached hydrogens (tertiary/aromatic N) is 2. The number of rotatable bonds is 2. The topological polar surface area (TPSA) is 51.0 Å². The van der Waals surface area contributed by atoms with Crippen molar-refractivity contribution in [3.05, 3.63) is 35.7 Å². The molecular formula is C12H13N3O. The summed E-state index contributed by atoms with van der Waals surface area (Å²) in [4.78, 5) is 4.45. The Hall–Kier alpha value is -1.68. The molecule has 0 aliphatic carbocycles. The van der Waals surface area contributed by atoms with Gasteiger partial charge >= 0.3 is 0 Å². The quantitative estimate of drug-likeness (QED) is 0.829. The molecule has 1 aromatic carbocycles. The van der Waals surface area contributed by atoms with Crippen LogP contribution in [0.2, 0.25) is 0 Å². The molecule has 4 heteroatoms. The van der Waals surface area contributed by atoms with E-state index in [1.54, 1.807) is 0 Å². The van der Waals surface area contributed by atoms with Crippen molar-refractivity contribution >= 4 is 0 Å². The Bertz CT molecular complexity index is 502. The molecule has 1 N–H and O–H groups in total. The van der Waals surface area contributed by atoms with Crippen molar-refractivity contribution in [1.29, 1.82) is 0 Å². The largest absolute Gasteiger partial charge is 0.339 e. The van der Waals surface area contributed by atoms with Crippen LogP contribution >= 0.6 is 0 Å². The van der Waals surface area contributed by atoms with Crippen molar-refractivity contribution in [3.8, 4) is 11.4 Å². The molecule has 0 atom stereocenters. The maximum absolute atomic E-state index is 5.28. The average molecular weight is 215 g/mol. The molecule has 4 nitrogen and oxygen atoms in total. The third-order valence-electron chi connectivity index (χ3n) is 2.96. The van der Waals surface area contributed by atoms with E-state index in [1.807, 2.05) is 18.2 Å². The van der Waals surface area contributed by atoms with Gasteiger partial charge in [0.25, 0.3) is 0 Å². The normalized spacial score (nSPS) is 16.1. The highest BCUT2D eigenvalue weighted by Crippen LogP contribution is 2.23. The summed E-state index contributed by atoms with van der Waals surface area (Å²) in [7, 11) is 0. The minimum absolute atomic E-state index is 0.394. The first-order valence-corrected chi connectivity index (χ1v) is 5.45. The van der Waals surface area contributed by atoms with Crippen LogP contribution in [0.5, 0.6) is 0 Å². The van der Waals surface area contributed by atoms with Crippen molar-refractivity contribution in [2.75, 3.05) is 13.1 Å². The van der Waals surface area contributed by atoms with Gasteiger partial charge in [0.15, 0.2) is 0 Å². The van der Waals surface area contributed by atoms with E-state index in [0.717, 1.165) is 24.5 Å². The third kappa shape index (κ3) is 1.51. The molecule has 16 heavy (non-hydrogen) atoms. The molecule has 0 radical (unpaired) electrons. The molecule has 3 rings (SSSR count). The van der Waals surface area contributed by atoms with Gasteiger partial charge in [0.2, 0.25) is 11.7 Å². The van der Waals surface area contributed by atoms with Crippen LogP contribution in [0.4, 0.5) is 0 Å². The highest BCUT2D eigenvalue weighted by molar-refractivity contribution is 5.59. The highest BCUT2D eigenvalue weighted by atomic mass is 16.5. The first-order valence-electron chi connectivity index (χ1n) is 5.45. The average Bonchev–Trinajstić information content (AvgIpc) is 2.65. The number of hydrogen-bond acceptors (Lipinski definition) is 4. The van der Waals surface area contributed by atoms with E-state index < -0.39 is 0 Å². The Labute approximate surface area is 93.7 Å². The van der Waals surface area contributed by atoms with E-state index in [2.05, 4.69) is 28.4 Å². The van der Waals surface area contributed by atoms with E-state index in [0.29, 0.717) is 11.7 Å². The van der Waals surface area contributed by atoms with Gasteiger partial charge in [-0.15, -0.1) is 0 Å². The Morgan fingerprint density at radius 2 is 2.12 bits per heavy atom. The molecule has 1 aliphatic rings. The second-order valence-corrected chi connectivity index (χ2v) is 4.13. The van der Waals surface area contributed by atoms with Gasteiger partial charge < -0.3 is 9.84 Å². The summed E-state index contributed by atoms with van der Waals surface area (Å²) in [5.41, 5.74) is 2.21. The smallest absolute Gasteiger partial charge is 0.232 e. The molecule has 0 unspecified atom stereocenters. The Kier molecular flexibility index (Phi) is 2.22. The minimum atomic E-state index is 0.394. The second kappa shape index (κ2) is 3.72. The monoisotopic (exact) mass is 215 g/mol. The summed E-state index contributed by atoms with van der Waals surface area (Å²) in [5.74, 6) is 1.84. The zero-order valence-corrected chi connectivity index (χ0v) is 9.10. The van der Waals surface area contributed by atoms with Crippen LogP contribution in [0.3, 0.4) is 0 Å². The van der Waals surface area contributed by atoms with Crippen LogP contribution in [-0.4, -0.2) is 23.2 Å². The predicted octanol–water partition coefficient (Wildman–Crippen LogP) is 1.73. The van der Waals surface area contributed by atoms with E-state index in [4.69, 9.17) is 4.52 Å². The summed E-state index contributed by atoms with van der Waals surface area (Å²) in [5, 5.41) is 7.23. The maximum Gasteiger partial charge on any atom is 0.232 e. The number of aromatic nitrogens is 2. The molecule has 1 saturated heterocycles. The second-order valence-electron chi connectivity index (χ2n) is 4.13. The summed E-state index contributed by atoms with van der Waals surface area (Å²) in [6.07, 6.45) is 0.